The molecule has 0 aliphatic carbocycles. The molecule has 4 nitrogen and oxygen atoms in total. The van der Waals surface area contributed by atoms with Crippen LogP contribution in [-0.4, -0.2) is 16.7 Å². The van der Waals surface area contributed by atoms with E-state index < -0.39 is 0 Å². The molecule has 11 heavy (non-hydrogen) atoms. The van der Waals surface area contributed by atoms with Gasteiger partial charge in [-0.3, -0.25) is 4.79 Å². The molecule has 1 rings (SSSR count). The zero-order valence-corrected chi connectivity index (χ0v) is 6.10. The van der Waals surface area contributed by atoms with Gasteiger partial charge in [0.15, 0.2) is 0 Å². The molecule has 1 aromatic heterocycles. The van der Waals surface area contributed by atoms with Crippen LogP contribution >= 0.6 is 0 Å². The van der Waals surface area contributed by atoms with Crippen molar-refractivity contribution < 1.29 is 9.53 Å². The molecule has 0 radical (unpaired) electrons. The van der Waals surface area contributed by atoms with Gasteiger partial charge in [-0.25, -0.2) is 0 Å². The average Bonchev–Trinajstić information content (AvgIpc) is 2.07. The van der Waals surface area contributed by atoms with Crippen LogP contribution in [0, 0.1) is 0 Å². The third kappa shape index (κ3) is 2.00. The zero-order chi connectivity index (χ0) is 8.10. The van der Waals surface area contributed by atoms with E-state index >= 15 is 0 Å². The fraction of sp³-hybridized carbons (Fsp3) is 0.286. The molecule has 1 atom stereocenters. The van der Waals surface area contributed by atoms with E-state index in [0.29, 0.717) is 6.47 Å². The number of nitrogens with zero attached hydrogens (tertiary/aromatic N) is 2. The van der Waals surface area contributed by atoms with E-state index in [1.807, 2.05) is 0 Å². The van der Waals surface area contributed by atoms with Gasteiger partial charge in [-0.05, 0) is 13.0 Å². The summed E-state index contributed by atoms with van der Waals surface area (Å²) in [7, 11) is 0. The van der Waals surface area contributed by atoms with E-state index in [2.05, 4.69) is 14.9 Å². The number of carbonyl (C=O) groups is 1. The van der Waals surface area contributed by atoms with Crippen LogP contribution in [0.4, 0.5) is 0 Å². The Morgan fingerprint density at radius 1 is 1.64 bits per heavy atom. The first kappa shape index (κ1) is 7.65. The van der Waals surface area contributed by atoms with Gasteiger partial charge in [0, 0.05) is 11.8 Å². The van der Waals surface area contributed by atoms with Gasteiger partial charge in [0.05, 0.1) is 6.20 Å². The van der Waals surface area contributed by atoms with E-state index in [1.165, 1.54) is 0 Å². The molecule has 0 saturated heterocycles. The van der Waals surface area contributed by atoms with Gasteiger partial charge < -0.3 is 4.74 Å². The van der Waals surface area contributed by atoms with Gasteiger partial charge in [0.25, 0.3) is 6.47 Å². The monoisotopic (exact) mass is 152 g/mol. The zero-order valence-electron chi connectivity index (χ0n) is 6.10. The largest absolute Gasteiger partial charge is 0.460 e. The molecular formula is C7H8N2O2. The summed E-state index contributed by atoms with van der Waals surface area (Å²) in [4.78, 5) is 9.93. The van der Waals surface area contributed by atoms with Gasteiger partial charge in [0.2, 0.25) is 0 Å². The highest BCUT2D eigenvalue weighted by Gasteiger charge is 2.03. The molecular weight excluding hydrogens is 144 g/mol. The Balaban J connectivity index is 2.68. The fourth-order valence-electron chi connectivity index (χ4n) is 0.703. The quantitative estimate of drug-likeness (QED) is 0.598. The number of hydrogen-bond acceptors (Lipinski definition) is 4. The first-order valence-electron chi connectivity index (χ1n) is 3.20. The van der Waals surface area contributed by atoms with E-state index in [1.54, 1.807) is 25.4 Å². The number of aromatic nitrogens is 2. The molecule has 1 unspecified atom stereocenters. The molecule has 0 bridgehead atoms. The Labute approximate surface area is 64.2 Å². The second-order valence-electron chi connectivity index (χ2n) is 2.05. The van der Waals surface area contributed by atoms with Crippen LogP contribution in [0.15, 0.2) is 18.5 Å². The summed E-state index contributed by atoms with van der Waals surface area (Å²) in [5, 5.41) is 7.24. The van der Waals surface area contributed by atoms with Crippen molar-refractivity contribution in [3.63, 3.8) is 0 Å². The van der Waals surface area contributed by atoms with Gasteiger partial charge in [-0.15, -0.1) is 0 Å². The number of ether oxygens (including phenoxy) is 1. The van der Waals surface area contributed by atoms with Crippen molar-refractivity contribution in [2.24, 2.45) is 0 Å². The molecule has 0 fully saturated rings. The third-order valence-corrected chi connectivity index (χ3v) is 1.34. The van der Waals surface area contributed by atoms with Crippen molar-refractivity contribution in [2.75, 3.05) is 0 Å². The molecule has 1 aromatic rings. The maximum atomic E-state index is 9.93. The Kier molecular flexibility index (Phi) is 2.54. The van der Waals surface area contributed by atoms with Crippen LogP contribution < -0.4 is 0 Å². The molecule has 0 spiro atoms. The first-order chi connectivity index (χ1) is 5.34. The van der Waals surface area contributed by atoms with Gasteiger partial charge in [-0.2, -0.15) is 10.2 Å². The van der Waals surface area contributed by atoms with Crippen molar-refractivity contribution >= 4 is 6.47 Å². The Hall–Kier alpha value is -1.45. The minimum atomic E-state index is -0.247. The summed E-state index contributed by atoms with van der Waals surface area (Å²) >= 11 is 0. The minimum absolute atomic E-state index is 0.247. The number of carbonyl (C=O) groups excluding carboxylic acids is 1. The lowest BCUT2D eigenvalue weighted by molar-refractivity contribution is -0.133. The summed E-state index contributed by atoms with van der Waals surface area (Å²) in [6.07, 6.45) is 2.87. The molecule has 4 heteroatoms. The van der Waals surface area contributed by atoms with Crippen molar-refractivity contribution in [1.29, 1.82) is 0 Å². The highest BCUT2D eigenvalue weighted by Crippen LogP contribution is 2.12. The smallest absolute Gasteiger partial charge is 0.293 e. The molecule has 1 heterocycles. The minimum Gasteiger partial charge on any atom is -0.460 e. The number of hydrogen-bond donors (Lipinski definition) is 0. The second-order valence-corrected chi connectivity index (χ2v) is 2.05. The van der Waals surface area contributed by atoms with E-state index in [-0.39, 0.29) is 6.10 Å². The normalized spacial score (nSPS) is 12.1. The van der Waals surface area contributed by atoms with Crippen LogP contribution in [0.5, 0.6) is 0 Å². The van der Waals surface area contributed by atoms with Crippen molar-refractivity contribution in [3.05, 3.63) is 24.0 Å². The highest BCUT2D eigenvalue weighted by atomic mass is 16.5. The molecule has 0 N–H and O–H groups in total. The van der Waals surface area contributed by atoms with Crippen molar-refractivity contribution in [2.45, 2.75) is 13.0 Å². The van der Waals surface area contributed by atoms with Gasteiger partial charge in [-0.1, -0.05) is 0 Å². The molecule has 0 aliphatic heterocycles. The summed E-state index contributed by atoms with van der Waals surface area (Å²) in [5.41, 5.74) is 0.840. The second kappa shape index (κ2) is 3.65. The van der Waals surface area contributed by atoms with Crippen molar-refractivity contribution in [3.8, 4) is 0 Å². The lowest BCUT2D eigenvalue weighted by Gasteiger charge is -2.06. The fourth-order valence-corrected chi connectivity index (χ4v) is 0.703. The topological polar surface area (TPSA) is 52.1 Å². The standard InChI is InChI=1S/C7H8N2O2/c1-6(11-5-10)7-2-3-8-9-4-7/h2-6H,1H3. The van der Waals surface area contributed by atoms with E-state index in [4.69, 9.17) is 0 Å². The molecule has 0 aliphatic rings. The number of rotatable bonds is 3. The van der Waals surface area contributed by atoms with E-state index in [0.717, 1.165) is 5.56 Å². The predicted octanol–water partition coefficient (Wildman–Crippen LogP) is 0.711. The van der Waals surface area contributed by atoms with Gasteiger partial charge in [0.1, 0.15) is 6.10 Å². The maximum Gasteiger partial charge on any atom is 0.293 e. The predicted molar refractivity (Wildman–Crippen MR) is 37.6 cm³/mol. The molecule has 58 valence electrons. The van der Waals surface area contributed by atoms with Gasteiger partial charge >= 0.3 is 0 Å². The van der Waals surface area contributed by atoms with Crippen LogP contribution in [0.1, 0.15) is 18.6 Å². The Bertz CT molecular complexity index is 225. The SMILES string of the molecule is CC(OC=O)c1ccnnc1. The third-order valence-electron chi connectivity index (χ3n) is 1.34. The molecule has 0 saturated carbocycles. The lowest BCUT2D eigenvalue weighted by atomic mass is 10.2. The summed E-state index contributed by atoms with van der Waals surface area (Å²) in [6, 6.07) is 1.75. The lowest BCUT2D eigenvalue weighted by Crippen LogP contribution is -1.98. The molecule has 0 amide bonds. The van der Waals surface area contributed by atoms with Crippen LogP contribution in [-0.2, 0) is 9.53 Å². The maximum absolute atomic E-state index is 9.93. The van der Waals surface area contributed by atoms with Crippen LogP contribution in [0.2, 0.25) is 0 Å². The summed E-state index contributed by atoms with van der Waals surface area (Å²) in [6.45, 7) is 2.19. The molecule has 0 aromatic carbocycles. The summed E-state index contributed by atoms with van der Waals surface area (Å²) in [5.74, 6) is 0. The highest BCUT2D eigenvalue weighted by molar-refractivity contribution is 5.38. The first-order valence-corrected chi connectivity index (χ1v) is 3.20. The van der Waals surface area contributed by atoms with Crippen molar-refractivity contribution in [1.82, 2.24) is 10.2 Å². The Morgan fingerprint density at radius 2 is 2.45 bits per heavy atom. The average molecular weight is 152 g/mol. The van der Waals surface area contributed by atoms with Crippen LogP contribution in [0.3, 0.4) is 0 Å². The van der Waals surface area contributed by atoms with E-state index in [9.17, 15) is 4.79 Å². The summed E-state index contributed by atoms with van der Waals surface area (Å²) < 4.78 is 4.68. The Morgan fingerprint density at radius 3 is 3.00 bits per heavy atom. The van der Waals surface area contributed by atoms with Crippen LogP contribution in [0.25, 0.3) is 0 Å².